The number of aliphatic hydroxyl groups is 1. The number of rotatable bonds is 8. The number of hydrogen-bond acceptors (Lipinski definition) is 6. The summed E-state index contributed by atoms with van der Waals surface area (Å²) in [6.07, 6.45) is 1.28. The Balaban J connectivity index is 2.23. The highest BCUT2D eigenvalue weighted by molar-refractivity contribution is 9.10. The Hall–Kier alpha value is -3.26. The number of carbonyl (C=O) groups excluding carboxylic acids is 2. The Labute approximate surface area is 214 Å². The van der Waals surface area contributed by atoms with Crippen molar-refractivity contribution in [2.75, 3.05) is 7.11 Å². The van der Waals surface area contributed by atoms with Gasteiger partial charge in [-0.2, -0.15) is 0 Å². The first-order valence-electron chi connectivity index (χ1n) is 11.1. The first-order chi connectivity index (χ1) is 16.4. The van der Waals surface area contributed by atoms with Gasteiger partial charge in [0, 0.05) is 22.2 Å². The molecule has 0 aliphatic heterocycles. The van der Waals surface area contributed by atoms with Crippen LogP contribution in [0.5, 0.6) is 5.75 Å². The predicted molar refractivity (Wildman–Crippen MR) is 139 cm³/mol. The maximum absolute atomic E-state index is 12.0. The third-order valence-electron chi connectivity index (χ3n) is 4.67. The molecule has 1 amide bonds. The normalized spacial score (nSPS) is 12.5. The topological polar surface area (TPSA) is 94.1 Å². The SMILES string of the molecule is COC(=O)Cc1cc(Br)ccc1OC(C)=C/C(=C(\C)O)c1cccc(CNC(=O)OC(C)(C)C)c1. The molecule has 0 spiro atoms. The summed E-state index contributed by atoms with van der Waals surface area (Å²) in [4.78, 5) is 23.8. The van der Waals surface area contributed by atoms with E-state index in [-0.39, 0.29) is 24.7 Å². The number of methoxy groups -OCH3 is 1. The van der Waals surface area contributed by atoms with Crippen molar-refractivity contribution < 1.29 is 28.9 Å². The van der Waals surface area contributed by atoms with Gasteiger partial charge in [0.15, 0.2) is 0 Å². The van der Waals surface area contributed by atoms with E-state index in [0.29, 0.717) is 22.6 Å². The zero-order chi connectivity index (χ0) is 26.2. The van der Waals surface area contributed by atoms with E-state index in [1.165, 1.54) is 7.11 Å². The molecule has 0 saturated carbocycles. The molecule has 0 unspecified atom stereocenters. The Morgan fingerprint density at radius 1 is 1.11 bits per heavy atom. The molecule has 0 aliphatic carbocycles. The van der Waals surface area contributed by atoms with Gasteiger partial charge in [0.05, 0.1) is 19.3 Å². The minimum absolute atomic E-state index is 0.0625. The highest BCUT2D eigenvalue weighted by atomic mass is 79.9. The number of nitrogens with one attached hydrogen (secondary N) is 1. The smallest absolute Gasteiger partial charge is 0.407 e. The molecule has 0 heterocycles. The lowest BCUT2D eigenvalue weighted by atomic mass is 10.0. The van der Waals surface area contributed by atoms with Crippen molar-refractivity contribution >= 4 is 33.6 Å². The van der Waals surface area contributed by atoms with E-state index in [4.69, 9.17) is 14.2 Å². The largest absolute Gasteiger partial charge is 0.512 e. The summed E-state index contributed by atoms with van der Waals surface area (Å²) in [5, 5.41) is 13.1. The van der Waals surface area contributed by atoms with Gasteiger partial charge >= 0.3 is 12.1 Å². The van der Waals surface area contributed by atoms with Crippen LogP contribution in [0.25, 0.3) is 5.57 Å². The molecule has 0 fully saturated rings. The van der Waals surface area contributed by atoms with Crippen LogP contribution in [0.4, 0.5) is 4.79 Å². The van der Waals surface area contributed by atoms with Crippen molar-refractivity contribution in [3.8, 4) is 5.75 Å². The van der Waals surface area contributed by atoms with E-state index in [1.807, 2.05) is 30.3 Å². The van der Waals surface area contributed by atoms with Crippen molar-refractivity contribution in [2.45, 2.75) is 53.2 Å². The molecule has 0 bridgehead atoms. The second kappa shape index (κ2) is 12.4. The predicted octanol–water partition coefficient (Wildman–Crippen LogP) is 6.46. The van der Waals surface area contributed by atoms with E-state index in [0.717, 1.165) is 15.6 Å². The number of alkyl carbamates (subject to hydrolysis) is 1. The molecule has 0 aliphatic rings. The molecule has 8 heteroatoms. The van der Waals surface area contributed by atoms with Crippen LogP contribution in [-0.2, 0) is 27.2 Å². The van der Waals surface area contributed by atoms with Gasteiger partial charge in [0.1, 0.15) is 17.1 Å². The minimum Gasteiger partial charge on any atom is -0.512 e. The second-order valence-corrected chi connectivity index (χ2v) is 9.83. The molecule has 35 heavy (non-hydrogen) atoms. The number of aliphatic hydroxyl groups excluding tert-OH is 1. The lowest BCUT2D eigenvalue weighted by Gasteiger charge is -2.19. The number of esters is 1. The maximum atomic E-state index is 12.0. The molecule has 188 valence electrons. The lowest BCUT2D eigenvalue weighted by Crippen LogP contribution is -2.32. The summed E-state index contributed by atoms with van der Waals surface area (Å²) in [6, 6.07) is 12.8. The zero-order valence-corrected chi connectivity index (χ0v) is 22.5. The number of halogens is 1. The summed E-state index contributed by atoms with van der Waals surface area (Å²) in [5.74, 6) is 0.755. The van der Waals surface area contributed by atoms with Crippen molar-refractivity contribution in [1.82, 2.24) is 5.32 Å². The average Bonchev–Trinajstić information content (AvgIpc) is 2.76. The zero-order valence-electron chi connectivity index (χ0n) is 20.9. The van der Waals surface area contributed by atoms with Gasteiger partial charge < -0.3 is 24.6 Å². The molecule has 0 aromatic heterocycles. The van der Waals surface area contributed by atoms with E-state index in [9.17, 15) is 14.7 Å². The van der Waals surface area contributed by atoms with Crippen LogP contribution < -0.4 is 10.1 Å². The number of hydrogen-bond donors (Lipinski definition) is 2. The second-order valence-electron chi connectivity index (χ2n) is 8.92. The van der Waals surface area contributed by atoms with Crippen LogP contribution in [0.3, 0.4) is 0 Å². The summed E-state index contributed by atoms with van der Waals surface area (Å²) in [6.45, 7) is 9.04. The third kappa shape index (κ3) is 9.48. The Morgan fingerprint density at radius 3 is 2.46 bits per heavy atom. The van der Waals surface area contributed by atoms with Gasteiger partial charge in [-0.1, -0.05) is 34.1 Å². The fourth-order valence-electron chi connectivity index (χ4n) is 3.15. The Kier molecular flexibility index (Phi) is 9.95. The molecule has 2 aromatic carbocycles. The highest BCUT2D eigenvalue weighted by Crippen LogP contribution is 2.28. The molecule has 0 atom stereocenters. The standard InChI is InChI=1S/C27H32BrNO6/c1-17(34-24-11-10-22(28)14-21(24)15-25(31)33-6)12-23(18(2)30)20-9-7-8-19(13-20)16-29-26(32)35-27(3,4)5/h7-14,30H,15-16H2,1-6H3,(H,29,32)/b17-12?,23-18-. The summed E-state index contributed by atoms with van der Waals surface area (Å²) in [7, 11) is 1.34. The van der Waals surface area contributed by atoms with Crippen molar-refractivity contribution in [2.24, 2.45) is 0 Å². The Morgan fingerprint density at radius 2 is 1.83 bits per heavy atom. The van der Waals surface area contributed by atoms with Gasteiger partial charge in [-0.3, -0.25) is 4.79 Å². The highest BCUT2D eigenvalue weighted by Gasteiger charge is 2.16. The lowest BCUT2D eigenvalue weighted by molar-refractivity contribution is -0.139. The van der Waals surface area contributed by atoms with Crippen molar-refractivity contribution in [3.63, 3.8) is 0 Å². The summed E-state index contributed by atoms with van der Waals surface area (Å²) in [5.41, 5.74) is 2.24. The molecular weight excluding hydrogens is 514 g/mol. The number of amides is 1. The van der Waals surface area contributed by atoms with Gasteiger partial charge in [0.25, 0.3) is 0 Å². The molecule has 0 saturated heterocycles. The van der Waals surface area contributed by atoms with Crippen LogP contribution in [0.2, 0.25) is 0 Å². The van der Waals surface area contributed by atoms with Gasteiger partial charge in [-0.25, -0.2) is 4.79 Å². The molecule has 2 aromatic rings. The van der Waals surface area contributed by atoms with Crippen LogP contribution in [-0.4, -0.2) is 29.9 Å². The average molecular weight is 546 g/mol. The first kappa shape index (κ1) is 28.0. The Bertz CT molecular complexity index is 1130. The van der Waals surface area contributed by atoms with Crippen LogP contribution in [0.15, 0.2) is 64.5 Å². The van der Waals surface area contributed by atoms with Crippen LogP contribution in [0, 0.1) is 0 Å². The van der Waals surface area contributed by atoms with E-state index >= 15 is 0 Å². The van der Waals surface area contributed by atoms with Crippen molar-refractivity contribution in [1.29, 1.82) is 0 Å². The van der Waals surface area contributed by atoms with E-state index < -0.39 is 11.7 Å². The molecule has 0 radical (unpaired) electrons. The molecule has 7 nitrogen and oxygen atoms in total. The number of allylic oxidation sites excluding steroid dienone is 4. The molecule has 2 N–H and O–H groups in total. The maximum Gasteiger partial charge on any atom is 0.407 e. The molecule has 2 rings (SSSR count). The molecular formula is C27H32BrNO6. The van der Waals surface area contributed by atoms with Gasteiger partial charge in [-0.05, 0) is 76.1 Å². The fourth-order valence-corrected chi connectivity index (χ4v) is 3.56. The summed E-state index contributed by atoms with van der Waals surface area (Å²) < 4.78 is 16.9. The van der Waals surface area contributed by atoms with Crippen LogP contribution >= 0.6 is 15.9 Å². The van der Waals surface area contributed by atoms with Crippen molar-refractivity contribution in [3.05, 3.63) is 81.2 Å². The van der Waals surface area contributed by atoms with E-state index in [1.54, 1.807) is 52.8 Å². The first-order valence-corrected chi connectivity index (χ1v) is 11.8. The minimum atomic E-state index is -0.580. The number of benzene rings is 2. The van der Waals surface area contributed by atoms with Gasteiger partial charge in [-0.15, -0.1) is 0 Å². The van der Waals surface area contributed by atoms with Crippen LogP contribution in [0.1, 0.15) is 51.3 Å². The number of ether oxygens (including phenoxy) is 3. The quantitative estimate of drug-likeness (QED) is 0.224. The van der Waals surface area contributed by atoms with E-state index in [2.05, 4.69) is 21.2 Å². The number of carbonyl (C=O) groups is 2. The third-order valence-corrected chi connectivity index (χ3v) is 5.16. The monoisotopic (exact) mass is 545 g/mol. The fraction of sp³-hybridized carbons (Fsp3) is 0.333. The van der Waals surface area contributed by atoms with Gasteiger partial charge in [0.2, 0.25) is 0 Å². The summed E-state index contributed by atoms with van der Waals surface area (Å²) >= 11 is 3.41.